The van der Waals surface area contributed by atoms with E-state index in [9.17, 15) is 9.18 Å². The third kappa shape index (κ3) is 4.22. The predicted molar refractivity (Wildman–Crippen MR) is 99.6 cm³/mol. The molecule has 1 aromatic heterocycles. The minimum Gasteiger partial charge on any atom is -0.366 e. The Balaban J connectivity index is 1.69. The Kier molecular flexibility index (Phi) is 5.22. The van der Waals surface area contributed by atoms with Gasteiger partial charge in [-0.2, -0.15) is 0 Å². The van der Waals surface area contributed by atoms with E-state index in [-0.39, 0.29) is 24.0 Å². The van der Waals surface area contributed by atoms with Crippen LogP contribution in [0.2, 0.25) is 0 Å². The van der Waals surface area contributed by atoms with E-state index in [1.54, 1.807) is 18.2 Å². The zero-order valence-electron chi connectivity index (χ0n) is 14.6. The lowest BCUT2D eigenvalue weighted by Crippen LogP contribution is -2.15. The van der Waals surface area contributed by atoms with Crippen LogP contribution in [0.3, 0.4) is 0 Å². The monoisotopic (exact) mass is 350 g/mol. The second-order valence-corrected chi connectivity index (χ2v) is 5.99. The van der Waals surface area contributed by atoms with Gasteiger partial charge in [0.1, 0.15) is 23.7 Å². The van der Waals surface area contributed by atoms with Crippen molar-refractivity contribution in [1.82, 2.24) is 9.97 Å². The van der Waals surface area contributed by atoms with Crippen LogP contribution in [-0.4, -0.2) is 15.9 Å². The summed E-state index contributed by atoms with van der Waals surface area (Å²) in [6.45, 7) is 4.27. The zero-order chi connectivity index (χ0) is 18.5. The van der Waals surface area contributed by atoms with Gasteiger partial charge in [0.2, 0.25) is 0 Å². The minimum absolute atomic E-state index is 0.231. The number of hydrogen-bond acceptors (Lipinski definition) is 4. The molecule has 0 unspecified atom stereocenters. The third-order valence-electron chi connectivity index (χ3n) is 4.08. The SMILES string of the molecule is Cc1ccc(NC(=O)c2cc(NCc3ccccc3F)ncn2)cc1C. The highest BCUT2D eigenvalue weighted by atomic mass is 19.1. The number of halogens is 1. The van der Waals surface area contributed by atoms with Crippen molar-refractivity contribution in [2.24, 2.45) is 0 Å². The number of hydrogen-bond donors (Lipinski definition) is 2. The maximum Gasteiger partial charge on any atom is 0.274 e. The summed E-state index contributed by atoms with van der Waals surface area (Å²) in [6.07, 6.45) is 1.30. The number of rotatable bonds is 5. The van der Waals surface area contributed by atoms with Gasteiger partial charge in [-0.25, -0.2) is 14.4 Å². The molecule has 6 heteroatoms. The van der Waals surface area contributed by atoms with Crippen molar-refractivity contribution in [3.8, 4) is 0 Å². The smallest absolute Gasteiger partial charge is 0.274 e. The molecule has 3 rings (SSSR count). The molecule has 5 nitrogen and oxygen atoms in total. The number of benzene rings is 2. The van der Waals surface area contributed by atoms with Crippen molar-refractivity contribution in [3.63, 3.8) is 0 Å². The molecule has 132 valence electrons. The largest absolute Gasteiger partial charge is 0.366 e. The number of carbonyl (C=O) groups excluding carboxylic acids is 1. The zero-order valence-corrected chi connectivity index (χ0v) is 14.6. The van der Waals surface area contributed by atoms with Crippen LogP contribution in [0.5, 0.6) is 0 Å². The molecule has 0 aliphatic rings. The number of aryl methyl sites for hydroxylation is 2. The summed E-state index contributed by atoms with van der Waals surface area (Å²) in [5.41, 5.74) is 3.71. The van der Waals surface area contributed by atoms with Crippen molar-refractivity contribution in [3.05, 3.63) is 83.1 Å². The first kappa shape index (κ1) is 17.5. The first-order valence-electron chi connectivity index (χ1n) is 8.21. The van der Waals surface area contributed by atoms with Crippen LogP contribution in [0.1, 0.15) is 27.2 Å². The molecule has 0 radical (unpaired) electrons. The Labute approximate surface area is 151 Å². The van der Waals surface area contributed by atoms with E-state index >= 15 is 0 Å². The van der Waals surface area contributed by atoms with Gasteiger partial charge in [0, 0.05) is 23.9 Å². The standard InChI is InChI=1S/C20H19FN4O/c1-13-7-8-16(9-14(13)2)25-20(26)18-10-19(24-12-23-18)22-11-15-5-3-4-6-17(15)21/h3-10,12H,11H2,1-2H3,(H,25,26)(H,22,23,24). The molecule has 0 bridgehead atoms. The predicted octanol–water partition coefficient (Wildman–Crippen LogP) is 4.10. The Morgan fingerprint density at radius 3 is 2.62 bits per heavy atom. The summed E-state index contributed by atoms with van der Waals surface area (Å²) in [4.78, 5) is 20.5. The molecule has 1 amide bonds. The molecular weight excluding hydrogens is 331 g/mol. The summed E-state index contributed by atoms with van der Waals surface area (Å²) in [7, 11) is 0. The third-order valence-corrected chi connectivity index (χ3v) is 4.08. The van der Waals surface area contributed by atoms with Gasteiger partial charge in [0.25, 0.3) is 5.91 Å². The van der Waals surface area contributed by atoms with Gasteiger partial charge in [-0.05, 0) is 43.2 Å². The lowest BCUT2D eigenvalue weighted by atomic mass is 10.1. The molecule has 0 spiro atoms. The normalized spacial score (nSPS) is 10.4. The first-order valence-corrected chi connectivity index (χ1v) is 8.21. The van der Waals surface area contributed by atoms with E-state index in [4.69, 9.17) is 0 Å². The quantitative estimate of drug-likeness (QED) is 0.727. The van der Waals surface area contributed by atoms with E-state index in [0.717, 1.165) is 11.1 Å². The topological polar surface area (TPSA) is 66.9 Å². The molecule has 0 saturated heterocycles. The van der Waals surface area contributed by atoms with Gasteiger partial charge in [0.05, 0.1) is 0 Å². The molecule has 0 saturated carbocycles. The average molecular weight is 350 g/mol. The summed E-state index contributed by atoms with van der Waals surface area (Å²) < 4.78 is 13.7. The molecule has 0 aliphatic carbocycles. The van der Waals surface area contributed by atoms with Crippen molar-refractivity contribution in [2.45, 2.75) is 20.4 Å². The number of carbonyl (C=O) groups is 1. The van der Waals surface area contributed by atoms with Crippen LogP contribution in [-0.2, 0) is 6.54 Å². The van der Waals surface area contributed by atoms with Gasteiger partial charge in [-0.3, -0.25) is 4.79 Å². The van der Waals surface area contributed by atoms with Crippen LogP contribution >= 0.6 is 0 Å². The molecule has 1 heterocycles. The second-order valence-electron chi connectivity index (χ2n) is 5.99. The van der Waals surface area contributed by atoms with Crippen LogP contribution < -0.4 is 10.6 Å². The van der Waals surface area contributed by atoms with Gasteiger partial charge in [-0.15, -0.1) is 0 Å². The van der Waals surface area contributed by atoms with E-state index in [0.29, 0.717) is 17.1 Å². The van der Waals surface area contributed by atoms with E-state index in [1.165, 1.54) is 18.5 Å². The first-order chi connectivity index (χ1) is 12.5. The van der Waals surface area contributed by atoms with E-state index in [2.05, 4.69) is 20.6 Å². The summed E-state index contributed by atoms with van der Waals surface area (Å²) in [5, 5.41) is 5.83. The fourth-order valence-corrected chi connectivity index (χ4v) is 2.42. The molecule has 0 fully saturated rings. The van der Waals surface area contributed by atoms with Crippen molar-refractivity contribution >= 4 is 17.4 Å². The lowest BCUT2D eigenvalue weighted by Gasteiger charge is -2.09. The van der Waals surface area contributed by atoms with Crippen molar-refractivity contribution in [2.75, 3.05) is 10.6 Å². The van der Waals surface area contributed by atoms with Gasteiger partial charge >= 0.3 is 0 Å². The Bertz CT molecular complexity index is 943. The number of nitrogens with zero attached hydrogens (tertiary/aromatic N) is 2. The van der Waals surface area contributed by atoms with Gasteiger partial charge in [-0.1, -0.05) is 24.3 Å². The Morgan fingerprint density at radius 1 is 1.04 bits per heavy atom. The highest BCUT2D eigenvalue weighted by Crippen LogP contribution is 2.16. The molecule has 3 aromatic rings. The van der Waals surface area contributed by atoms with Gasteiger partial charge in [0.15, 0.2) is 0 Å². The molecule has 0 atom stereocenters. The van der Waals surface area contributed by atoms with Crippen LogP contribution in [0.25, 0.3) is 0 Å². The minimum atomic E-state index is -0.329. The highest BCUT2D eigenvalue weighted by Gasteiger charge is 2.10. The number of amides is 1. The average Bonchev–Trinajstić information content (AvgIpc) is 2.64. The number of anilines is 2. The van der Waals surface area contributed by atoms with Crippen molar-refractivity contribution < 1.29 is 9.18 Å². The molecule has 2 aromatic carbocycles. The fraction of sp³-hybridized carbons (Fsp3) is 0.150. The molecule has 26 heavy (non-hydrogen) atoms. The lowest BCUT2D eigenvalue weighted by molar-refractivity contribution is 0.102. The second kappa shape index (κ2) is 7.74. The summed E-state index contributed by atoms with van der Waals surface area (Å²) in [6, 6.07) is 13.7. The van der Waals surface area contributed by atoms with Crippen molar-refractivity contribution in [1.29, 1.82) is 0 Å². The maximum atomic E-state index is 13.7. The summed E-state index contributed by atoms with van der Waals surface area (Å²) in [5.74, 6) is -0.167. The Hall–Kier alpha value is -3.28. The summed E-state index contributed by atoms with van der Waals surface area (Å²) >= 11 is 0. The highest BCUT2D eigenvalue weighted by molar-refractivity contribution is 6.03. The maximum absolute atomic E-state index is 13.7. The molecule has 0 aliphatic heterocycles. The van der Waals surface area contributed by atoms with Crippen LogP contribution in [0.15, 0.2) is 54.9 Å². The van der Waals surface area contributed by atoms with E-state index in [1.807, 2.05) is 32.0 Å². The fourth-order valence-electron chi connectivity index (χ4n) is 2.42. The molecular formula is C20H19FN4O. The van der Waals surface area contributed by atoms with Crippen LogP contribution in [0.4, 0.5) is 15.9 Å². The number of nitrogens with one attached hydrogen (secondary N) is 2. The van der Waals surface area contributed by atoms with Crippen LogP contribution in [0, 0.1) is 19.7 Å². The Morgan fingerprint density at radius 2 is 1.85 bits per heavy atom. The van der Waals surface area contributed by atoms with Gasteiger partial charge < -0.3 is 10.6 Å². The number of aromatic nitrogens is 2. The van der Waals surface area contributed by atoms with E-state index < -0.39 is 0 Å². The molecule has 2 N–H and O–H groups in total.